The summed E-state index contributed by atoms with van der Waals surface area (Å²) in [5.74, 6) is -0.0764. The second-order valence-corrected chi connectivity index (χ2v) is 8.64. The van der Waals surface area contributed by atoms with Gasteiger partial charge in [-0.3, -0.25) is 10.1 Å². The van der Waals surface area contributed by atoms with Crippen molar-refractivity contribution in [2.75, 3.05) is 13.2 Å². The molecule has 0 saturated carbocycles. The summed E-state index contributed by atoms with van der Waals surface area (Å²) in [6.45, 7) is 1.59. The van der Waals surface area contributed by atoms with E-state index in [1.165, 1.54) is 6.92 Å². The normalized spacial score (nSPS) is 14.1. The zero-order chi connectivity index (χ0) is 25.1. The second kappa shape index (κ2) is 10.4. The first kappa shape index (κ1) is 24.6. The van der Waals surface area contributed by atoms with Crippen LogP contribution >= 0.6 is 11.6 Å². The van der Waals surface area contributed by atoms with Crippen molar-refractivity contribution in [3.8, 4) is 11.1 Å². The minimum atomic E-state index is -1.52. The molecule has 10 heteroatoms. The third kappa shape index (κ3) is 5.12. The number of halogens is 1. The number of fused-ring (bicyclic) bond motifs is 3. The zero-order valence-corrected chi connectivity index (χ0v) is 19.6. The van der Waals surface area contributed by atoms with Crippen molar-refractivity contribution in [2.45, 2.75) is 31.5 Å². The Morgan fingerprint density at radius 3 is 2.37 bits per heavy atom. The Kier molecular flexibility index (Phi) is 7.30. The molecule has 1 amide bonds. The van der Waals surface area contributed by atoms with Gasteiger partial charge in [-0.15, -0.1) is 0 Å². The number of ether oxygens (including phenoxy) is 1. The van der Waals surface area contributed by atoms with Crippen LogP contribution in [0.3, 0.4) is 0 Å². The molecular formula is C25H24ClN3O6. The minimum Gasteiger partial charge on any atom is -0.449 e. The number of amides is 1. The fourth-order valence-electron chi connectivity index (χ4n) is 4.31. The number of hydrogen-bond donors (Lipinski definition) is 3. The molecule has 3 aromatic rings. The lowest BCUT2D eigenvalue weighted by Gasteiger charge is -2.19. The maximum atomic E-state index is 12.3. The summed E-state index contributed by atoms with van der Waals surface area (Å²) >= 11 is 6.01. The molecule has 0 fully saturated rings. The van der Waals surface area contributed by atoms with E-state index >= 15 is 0 Å². The van der Waals surface area contributed by atoms with Gasteiger partial charge in [0.1, 0.15) is 23.6 Å². The van der Waals surface area contributed by atoms with Crippen LogP contribution in [0.15, 0.2) is 54.6 Å². The van der Waals surface area contributed by atoms with Crippen molar-refractivity contribution < 1.29 is 24.7 Å². The van der Waals surface area contributed by atoms with Gasteiger partial charge in [0, 0.05) is 24.1 Å². The summed E-state index contributed by atoms with van der Waals surface area (Å²) in [5, 5.41) is 34.3. The Hall–Kier alpha value is -3.53. The molecule has 9 nitrogen and oxygen atoms in total. The second-order valence-electron chi connectivity index (χ2n) is 8.28. The number of carbonyl (C=O) groups is 1. The number of carbonyl (C=O) groups excluding carboxylic acids is 1. The molecule has 0 bridgehead atoms. The maximum Gasteiger partial charge on any atom is 0.407 e. The molecule has 0 radical (unpaired) electrons. The average Bonchev–Trinajstić information content (AvgIpc) is 3.16. The number of benzene rings is 2. The SMILES string of the molecule is Cc1nc(Cl)c(C(O)C(O)CCNC(=O)OCC2c3ccccc3-c3ccccc32)cc1[N+](=O)[O-]. The number of rotatable bonds is 8. The fraction of sp³-hybridized carbons (Fsp3) is 0.280. The van der Waals surface area contributed by atoms with Gasteiger partial charge < -0.3 is 20.3 Å². The number of aliphatic hydroxyl groups is 2. The Bertz CT molecular complexity index is 1220. The third-order valence-corrected chi connectivity index (χ3v) is 6.40. The van der Waals surface area contributed by atoms with E-state index in [0.717, 1.165) is 28.3 Å². The molecule has 182 valence electrons. The Labute approximate surface area is 206 Å². The average molecular weight is 498 g/mol. The topological polar surface area (TPSA) is 135 Å². The van der Waals surface area contributed by atoms with Gasteiger partial charge in [0.05, 0.1) is 11.0 Å². The van der Waals surface area contributed by atoms with E-state index in [9.17, 15) is 25.1 Å². The maximum absolute atomic E-state index is 12.3. The van der Waals surface area contributed by atoms with Gasteiger partial charge >= 0.3 is 6.09 Å². The molecule has 35 heavy (non-hydrogen) atoms. The molecule has 4 rings (SSSR count). The molecule has 3 N–H and O–H groups in total. The van der Waals surface area contributed by atoms with Crippen LogP contribution in [0, 0.1) is 17.0 Å². The molecule has 2 aromatic carbocycles. The summed E-state index contributed by atoms with van der Waals surface area (Å²) in [7, 11) is 0. The minimum absolute atomic E-state index is 0.00784. The van der Waals surface area contributed by atoms with Crippen LogP contribution in [0.1, 0.15) is 40.8 Å². The summed E-state index contributed by atoms with van der Waals surface area (Å²) in [6.07, 6.45) is -3.55. The van der Waals surface area contributed by atoms with Crippen LogP contribution in [0.2, 0.25) is 5.15 Å². The highest BCUT2D eigenvalue weighted by Crippen LogP contribution is 2.44. The predicted molar refractivity (Wildman–Crippen MR) is 129 cm³/mol. The molecule has 2 atom stereocenters. The lowest BCUT2D eigenvalue weighted by atomic mass is 9.98. The first-order chi connectivity index (χ1) is 16.8. The number of pyridine rings is 1. The predicted octanol–water partition coefficient (Wildman–Crippen LogP) is 4.27. The van der Waals surface area contributed by atoms with Crippen molar-refractivity contribution in [1.29, 1.82) is 0 Å². The van der Waals surface area contributed by atoms with Gasteiger partial charge in [0.25, 0.3) is 5.69 Å². The van der Waals surface area contributed by atoms with Gasteiger partial charge in [-0.25, -0.2) is 9.78 Å². The number of alkyl carbamates (subject to hydrolysis) is 1. The van der Waals surface area contributed by atoms with Crippen LogP contribution in [-0.2, 0) is 4.74 Å². The summed E-state index contributed by atoms with van der Waals surface area (Å²) in [4.78, 5) is 26.6. The smallest absolute Gasteiger partial charge is 0.407 e. The van der Waals surface area contributed by atoms with E-state index in [2.05, 4.69) is 10.3 Å². The van der Waals surface area contributed by atoms with Crippen molar-refractivity contribution >= 4 is 23.4 Å². The highest BCUT2D eigenvalue weighted by atomic mass is 35.5. The number of aliphatic hydroxyl groups excluding tert-OH is 2. The molecule has 1 aliphatic rings. The quantitative estimate of drug-likeness (QED) is 0.240. The fourth-order valence-corrected chi connectivity index (χ4v) is 4.60. The monoisotopic (exact) mass is 497 g/mol. The summed E-state index contributed by atoms with van der Waals surface area (Å²) < 4.78 is 5.44. The third-order valence-electron chi connectivity index (χ3n) is 6.10. The van der Waals surface area contributed by atoms with Gasteiger partial charge in [-0.1, -0.05) is 60.1 Å². The van der Waals surface area contributed by atoms with Crippen LogP contribution < -0.4 is 5.32 Å². The largest absolute Gasteiger partial charge is 0.449 e. The number of hydrogen-bond acceptors (Lipinski definition) is 7. The van der Waals surface area contributed by atoms with Crippen molar-refractivity contribution in [3.05, 3.63) is 92.2 Å². The van der Waals surface area contributed by atoms with Crippen LogP contribution in [0.4, 0.5) is 10.5 Å². The van der Waals surface area contributed by atoms with E-state index < -0.39 is 23.2 Å². The van der Waals surface area contributed by atoms with Gasteiger partial charge in [-0.2, -0.15) is 0 Å². The van der Waals surface area contributed by atoms with Crippen molar-refractivity contribution in [1.82, 2.24) is 10.3 Å². The molecule has 1 aliphatic carbocycles. The van der Waals surface area contributed by atoms with E-state index in [4.69, 9.17) is 16.3 Å². The zero-order valence-electron chi connectivity index (χ0n) is 18.8. The number of nitro groups is 1. The number of aryl methyl sites for hydroxylation is 1. The van der Waals surface area contributed by atoms with Crippen molar-refractivity contribution in [2.24, 2.45) is 0 Å². The first-order valence-corrected chi connectivity index (χ1v) is 11.4. The Morgan fingerprint density at radius 1 is 1.17 bits per heavy atom. The van der Waals surface area contributed by atoms with Crippen LogP contribution in [0.5, 0.6) is 0 Å². The van der Waals surface area contributed by atoms with Gasteiger partial charge in [-0.05, 0) is 35.6 Å². The molecule has 1 aromatic heterocycles. The van der Waals surface area contributed by atoms with E-state index in [0.29, 0.717) is 0 Å². The molecule has 0 saturated heterocycles. The molecule has 0 spiro atoms. The number of nitrogens with zero attached hydrogens (tertiary/aromatic N) is 2. The standard InChI is InChI=1S/C25H24ClN3O6/c1-14-21(29(33)34)12-19(24(26)28-14)23(31)22(30)10-11-27-25(32)35-13-20-17-8-4-2-6-15(17)16-7-3-5-9-18(16)20/h2-9,12,20,22-23,30-31H,10-11,13H2,1H3,(H,27,32). The Morgan fingerprint density at radius 2 is 1.77 bits per heavy atom. The lowest BCUT2D eigenvalue weighted by molar-refractivity contribution is -0.385. The van der Waals surface area contributed by atoms with E-state index in [-0.39, 0.29) is 47.6 Å². The first-order valence-electron chi connectivity index (χ1n) is 11.0. The van der Waals surface area contributed by atoms with E-state index in [1.807, 2.05) is 48.5 Å². The molecule has 0 aliphatic heterocycles. The molecular weight excluding hydrogens is 474 g/mol. The number of aromatic nitrogens is 1. The highest BCUT2D eigenvalue weighted by molar-refractivity contribution is 6.30. The lowest BCUT2D eigenvalue weighted by Crippen LogP contribution is -2.30. The summed E-state index contributed by atoms with van der Waals surface area (Å²) in [5.41, 5.74) is 4.17. The Balaban J connectivity index is 1.31. The molecule has 2 unspecified atom stereocenters. The summed E-state index contributed by atoms with van der Waals surface area (Å²) in [6, 6.07) is 17.1. The number of nitrogens with one attached hydrogen (secondary N) is 1. The van der Waals surface area contributed by atoms with E-state index in [1.54, 1.807) is 0 Å². The van der Waals surface area contributed by atoms with Crippen LogP contribution in [0.25, 0.3) is 11.1 Å². The van der Waals surface area contributed by atoms with Crippen molar-refractivity contribution in [3.63, 3.8) is 0 Å². The van der Waals surface area contributed by atoms with Gasteiger partial charge in [0.2, 0.25) is 0 Å². The van der Waals surface area contributed by atoms with Gasteiger partial charge in [0.15, 0.2) is 0 Å². The molecule has 1 heterocycles. The van der Waals surface area contributed by atoms with Crippen LogP contribution in [-0.4, -0.2) is 45.5 Å². The highest BCUT2D eigenvalue weighted by Gasteiger charge is 2.29.